The summed E-state index contributed by atoms with van der Waals surface area (Å²) >= 11 is 4.89. The smallest absolute Gasteiger partial charge is 0.270 e. The van der Waals surface area contributed by atoms with Crippen LogP contribution in [0.2, 0.25) is 0 Å². The van der Waals surface area contributed by atoms with E-state index in [0.717, 1.165) is 10.0 Å². The van der Waals surface area contributed by atoms with Crippen molar-refractivity contribution in [3.8, 4) is 0 Å². The number of carbonyl (C=O) groups is 1. The van der Waals surface area contributed by atoms with Crippen molar-refractivity contribution in [2.45, 2.75) is 25.1 Å². The number of carbonyl (C=O) groups excluding carboxylic acids is 1. The SMILES string of the molecule is CC(C)n1[nH]c(=O)c2c1NC(=O)CS[C@@H]2c1ccc(Br)cc1. The molecule has 0 aliphatic carbocycles. The predicted octanol–water partition coefficient (Wildman–Crippen LogP) is 3.29. The third-order valence-corrected chi connectivity index (χ3v) is 5.35. The van der Waals surface area contributed by atoms with Crippen molar-refractivity contribution in [2.75, 3.05) is 11.1 Å². The highest BCUT2D eigenvalue weighted by Crippen LogP contribution is 2.40. The van der Waals surface area contributed by atoms with Crippen LogP contribution in [0.3, 0.4) is 0 Å². The zero-order chi connectivity index (χ0) is 15.9. The molecule has 1 aliphatic rings. The molecule has 1 amide bonds. The van der Waals surface area contributed by atoms with Gasteiger partial charge in [0.05, 0.1) is 16.6 Å². The van der Waals surface area contributed by atoms with Crippen LogP contribution in [0.4, 0.5) is 5.82 Å². The van der Waals surface area contributed by atoms with E-state index >= 15 is 0 Å². The molecule has 0 saturated heterocycles. The Labute approximate surface area is 140 Å². The number of rotatable bonds is 2. The Morgan fingerprint density at radius 2 is 1.95 bits per heavy atom. The summed E-state index contributed by atoms with van der Waals surface area (Å²) in [6, 6.07) is 7.92. The van der Waals surface area contributed by atoms with Crippen LogP contribution in [0.5, 0.6) is 0 Å². The van der Waals surface area contributed by atoms with Gasteiger partial charge in [0.1, 0.15) is 5.82 Å². The molecular weight excluding hydrogens is 366 g/mol. The van der Waals surface area contributed by atoms with Crippen LogP contribution in [-0.2, 0) is 4.79 Å². The molecular formula is C15H16BrN3O2S. The largest absolute Gasteiger partial charge is 0.310 e. The van der Waals surface area contributed by atoms with Crippen LogP contribution >= 0.6 is 27.7 Å². The zero-order valence-electron chi connectivity index (χ0n) is 12.2. The van der Waals surface area contributed by atoms with Crippen LogP contribution in [0.15, 0.2) is 33.5 Å². The summed E-state index contributed by atoms with van der Waals surface area (Å²) in [4.78, 5) is 24.4. The zero-order valence-corrected chi connectivity index (χ0v) is 14.6. The first-order valence-corrected chi connectivity index (χ1v) is 8.83. The summed E-state index contributed by atoms with van der Waals surface area (Å²) in [6.45, 7) is 3.93. The fraction of sp³-hybridized carbons (Fsp3) is 0.333. The van der Waals surface area contributed by atoms with Gasteiger partial charge >= 0.3 is 0 Å². The van der Waals surface area contributed by atoms with Crippen LogP contribution in [-0.4, -0.2) is 21.4 Å². The van der Waals surface area contributed by atoms with Gasteiger partial charge in [-0.05, 0) is 31.5 Å². The monoisotopic (exact) mass is 381 g/mol. The number of anilines is 1. The minimum absolute atomic E-state index is 0.0606. The first-order valence-electron chi connectivity index (χ1n) is 6.98. The quantitative estimate of drug-likeness (QED) is 0.838. The van der Waals surface area contributed by atoms with Crippen molar-refractivity contribution >= 4 is 39.4 Å². The van der Waals surface area contributed by atoms with E-state index in [1.807, 2.05) is 38.1 Å². The van der Waals surface area contributed by atoms with Crippen molar-refractivity contribution in [3.05, 3.63) is 50.2 Å². The molecule has 3 rings (SSSR count). The standard InChI is InChI=1S/C15H16BrN3O2S/c1-8(2)19-14-12(15(21)18-19)13(22-7-11(20)17-14)9-3-5-10(16)6-4-9/h3-6,8,13H,7H2,1-2H3,(H,17,20)(H,18,21)/t13-/m1/s1. The second kappa shape index (κ2) is 5.96. The second-order valence-electron chi connectivity index (χ2n) is 5.46. The van der Waals surface area contributed by atoms with Crippen molar-refractivity contribution in [2.24, 2.45) is 0 Å². The van der Waals surface area contributed by atoms with E-state index in [9.17, 15) is 9.59 Å². The van der Waals surface area contributed by atoms with Crippen molar-refractivity contribution in [3.63, 3.8) is 0 Å². The van der Waals surface area contributed by atoms with E-state index < -0.39 is 0 Å². The fourth-order valence-electron chi connectivity index (χ4n) is 2.53. The van der Waals surface area contributed by atoms with E-state index in [4.69, 9.17) is 0 Å². The number of hydrogen-bond donors (Lipinski definition) is 2. The minimum atomic E-state index is -0.161. The maximum Gasteiger partial charge on any atom is 0.270 e. The molecule has 0 spiro atoms. The molecule has 1 aliphatic heterocycles. The van der Waals surface area contributed by atoms with Gasteiger partial charge in [0.25, 0.3) is 5.56 Å². The maximum atomic E-state index is 12.4. The molecule has 0 saturated carbocycles. The molecule has 5 nitrogen and oxygen atoms in total. The number of benzene rings is 1. The molecule has 22 heavy (non-hydrogen) atoms. The van der Waals surface area contributed by atoms with Crippen molar-refractivity contribution < 1.29 is 4.79 Å². The lowest BCUT2D eigenvalue weighted by Gasteiger charge is -2.15. The maximum absolute atomic E-state index is 12.4. The molecule has 0 fully saturated rings. The van der Waals surface area contributed by atoms with E-state index in [1.165, 1.54) is 11.8 Å². The number of aromatic amines is 1. The Morgan fingerprint density at radius 3 is 2.59 bits per heavy atom. The average Bonchev–Trinajstić information content (AvgIpc) is 2.68. The van der Waals surface area contributed by atoms with Crippen LogP contribution in [0.25, 0.3) is 0 Å². The van der Waals surface area contributed by atoms with E-state index in [2.05, 4.69) is 26.3 Å². The number of fused-ring (bicyclic) bond motifs is 1. The molecule has 1 aromatic carbocycles. The molecule has 2 heterocycles. The summed E-state index contributed by atoms with van der Waals surface area (Å²) in [7, 11) is 0. The number of hydrogen-bond acceptors (Lipinski definition) is 3. The lowest BCUT2D eigenvalue weighted by molar-refractivity contribution is -0.113. The lowest BCUT2D eigenvalue weighted by atomic mass is 10.1. The Kier molecular flexibility index (Phi) is 4.18. The molecule has 2 N–H and O–H groups in total. The molecule has 1 aromatic heterocycles. The summed E-state index contributed by atoms with van der Waals surface area (Å²) in [6.07, 6.45) is 0. The van der Waals surface area contributed by atoms with E-state index in [1.54, 1.807) is 4.68 Å². The van der Waals surface area contributed by atoms with Crippen LogP contribution in [0.1, 0.15) is 36.3 Å². The van der Waals surface area contributed by atoms with Gasteiger partial charge in [-0.25, -0.2) is 0 Å². The Hall–Kier alpha value is -1.47. The Balaban J connectivity index is 2.17. The highest BCUT2D eigenvalue weighted by atomic mass is 79.9. The van der Waals surface area contributed by atoms with Crippen molar-refractivity contribution in [1.29, 1.82) is 0 Å². The molecule has 7 heteroatoms. The number of aromatic nitrogens is 2. The minimum Gasteiger partial charge on any atom is -0.310 e. The number of nitrogens with one attached hydrogen (secondary N) is 2. The Bertz CT molecular complexity index is 764. The topological polar surface area (TPSA) is 66.9 Å². The van der Waals surface area contributed by atoms with E-state index in [0.29, 0.717) is 17.1 Å². The number of amides is 1. The highest BCUT2D eigenvalue weighted by Gasteiger charge is 2.30. The number of halogens is 1. The summed E-state index contributed by atoms with van der Waals surface area (Å²) in [5.41, 5.74) is 1.48. The van der Waals surface area contributed by atoms with Crippen molar-refractivity contribution in [1.82, 2.24) is 9.78 Å². The molecule has 116 valence electrons. The van der Waals surface area contributed by atoms with Gasteiger partial charge in [-0.1, -0.05) is 28.1 Å². The molecule has 0 radical (unpaired) electrons. The summed E-state index contributed by atoms with van der Waals surface area (Å²) in [5, 5.41) is 5.54. The predicted molar refractivity (Wildman–Crippen MR) is 92.5 cm³/mol. The Morgan fingerprint density at radius 1 is 1.27 bits per heavy atom. The summed E-state index contributed by atoms with van der Waals surface area (Å²) in [5.74, 6) is 0.828. The van der Waals surface area contributed by atoms with Crippen LogP contribution < -0.4 is 10.9 Å². The lowest BCUT2D eigenvalue weighted by Crippen LogP contribution is -2.17. The van der Waals surface area contributed by atoms with Gasteiger partial charge in [-0.3, -0.25) is 19.4 Å². The first-order chi connectivity index (χ1) is 10.5. The van der Waals surface area contributed by atoms with Crippen LogP contribution in [0, 0.1) is 0 Å². The van der Waals surface area contributed by atoms with Gasteiger partial charge in [-0.15, -0.1) is 11.8 Å². The van der Waals surface area contributed by atoms with E-state index in [-0.39, 0.29) is 22.8 Å². The first kappa shape index (κ1) is 15.4. The highest BCUT2D eigenvalue weighted by molar-refractivity contribution is 9.10. The van der Waals surface area contributed by atoms with Gasteiger partial charge < -0.3 is 5.32 Å². The number of nitrogens with zero attached hydrogens (tertiary/aromatic N) is 1. The molecule has 2 aromatic rings. The van der Waals surface area contributed by atoms with Gasteiger partial charge in [-0.2, -0.15) is 0 Å². The van der Waals surface area contributed by atoms with Gasteiger partial charge in [0.2, 0.25) is 5.91 Å². The molecule has 0 unspecified atom stereocenters. The fourth-order valence-corrected chi connectivity index (χ4v) is 3.92. The molecule has 0 bridgehead atoms. The number of H-pyrrole nitrogens is 1. The normalized spacial score (nSPS) is 18.0. The average molecular weight is 382 g/mol. The van der Waals surface area contributed by atoms with Gasteiger partial charge in [0, 0.05) is 10.5 Å². The molecule has 1 atom stereocenters. The third kappa shape index (κ3) is 2.75. The summed E-state index contributed by atoms with van der Waals surface area (Å²) < 4.78 is 2.71. The third-order valence-electron chi connectivity index (χ3n) is 3.55. The van der Waals surface area contributed by atoms with Gasteiger partial charge in [0.15, 0.2) is 0 Å². The second-order valence-corrected chi connectivity index (χ2v) is 7.47. The number of thioether (sulfide) groups is 1.